The number of carbonyl (C=O) groups excluding carboxylic acids is 1. The number of anilines is 1. The maximum Gasteiger partial charge on any atom is 0.405 e. The van der Waals surface area contributed by atoms with E-state index in [1.165, 1.54) is 0 Å². The summed E-state index contributed by atoms with van der Waals surface area (Å²) in [5.74, 6) is 0. The van der Waals surface area contributed by atoms with Gasteiger partial charge in [-0.3, -0.25) is 4.57 Å². The molecule has 1 saturated heterocycles. The van der Waals surface area contributed by atoms with Gasteiger partial charge in [-0.15, -0.1) is 0 Å². The van der Waals surface area contributed by atoms with E-state index in [-0.39, 0.29) is 6.10 Å². The monoisotopic (exact) mass is 535 g/mol. The van der Waals surface area contributed by atoms with Crippen molar-refractivity contribution in [1.82, 2.24) is 20.2 Å². The summed E-state index contributed by atoms with van der Waals surface area (Å²) >= 11 is 0. The van der Waals surface area contributed by atoms with Crippen molar-refractivity contribution in [3.05, 3.63) is 85.2 Å². The Balaban J connectivity index is 1.27. The van der Waals surface area contributed by atoms with Gasteiger partial charge in [-0.2, -0.15) is 13.2 Å². The van der Waals surface area contributed by atoms with Crippen LogP contribution >= 0.6 is 0 Å². The number of aromatic nitrogens is 2. The zero-order chi connectivity index (χ0) is 27.4. The number of imidazole rings is 1. The SMILES string of the molecule is C=C(NCC1CCCO1)c1ccc(-c2ccc3c(c2)ncn3-c2cccc(NC(=O)NCC(F)(F)F)c2)cc1. The Morgan fingerprint density at radius 2 is 1.85 bits per heavy atom. The number of hydrogen-bond donors (Lipinski definition) is 3. The lowest BCUT2D eigenvalue weighted by molar-refractivity contribution is -0.122. The summed E-state index contributed by atoms with van der Waals surface area (Å²) in [6.45, 7) is 4.33. The molecule has 10 heteroatoms. The van der Waals surface area contributed by atoms with Crippen LogP contribution in [0.4, 0.5) is 23.7 Å². The van der Waals surface area contributed by atoms with Crippen LogP contribution in [-0.2, 0) is 4.74 Å². The van der Waals surface area contributed by atoms with E-state index in [0.29, 0.717) is 11.4 Å². The predicted octanol–water partition coefficient (Wildman–Crippen LogP) is 6.12. The molecule has 1 aliphatic rings. The second-order valence-electron chi connectivity index (χ2n) is 9.36. The highest BCUT2D eigenvalue weighted by Crippen LogP contribution is 2.27. The van der Waals surface area contributed by atoms with Gasteiger partial charge in [-0.05, 0) is 59.9 Å². The molecule has 5 rings (SSSR count). The Hall–Kier alpha value is -4.31. The molecule has 1 unspecified atom stereocenters. The van der Waals surface area contributed by atoms with E-state index in [1.807, 2.05) is 53.1 Å². The van der Waals surface area contributed by atoms with E-state index in [0.717, 1.165) is 59.4 Å². The molecule has 0 aliphatic carbocycles. The number of amides is 2. The second kappa shape index (κ2) is 11.2. The Kier molecular flexibility index (Phi) is 7.56. The van der Waals surface area contributed by atoms with E-state index in [9.17, 15) is 18.0 Å². The minimum atomic E-state index is -4.48. The highest BCUT2D eigenvalue weighted by Gasteiger charge is 2.27. The molecule has 0 saturated carbocycles. The number of nitrogens with one attached hydrogen (secondary N) is 3. The lowest BCUT2D eigenvalue weighted by Gasteiger charge is -2.14. The van der Waals surface area contributed by atoms with Crippen LogP contribution in [0.2, 0.25) is 0 Å². The van der Waals surface area contributed by atoms with Gasteiger partial charge in [0.25, 0.3) is 0 Å². The van der Waals surface area contributed by atoms with Gasteiger partial charge in [0.2, 0.25) is 0 Å². The maximum atomic E-state index is 12.4. The summed E-state index contributed by atoms with van der Waals surface area (Å²) in [4.78, 5) is 16.4. The van der Waals surface area contributed by atoms with E-state index in [4.69, 9.17) is 4.74 Å². The van der Waals surface area contributed by atoms with Gasteiger partial charge in [0.1, 0.15) is 12.9 Å². The minimum absolute atomic E-state index is 0.245. The van der Waals surface area contributed by atoms with Crippen LogP contribution in [0.1, 0.15) is 18.4 Å². The second-order valence-corrected chi connectivity index (χ2v) is 9.36. The third-order valence-electron chi connectivity index (χ3n) is 6.51. The molecule has 1 aromatic heterocycles. The molecule has 1 fully saturated rings. The molecule has 0 bridgehead atoms. The molecule has 202 valence electrons. The largest absolute Gasteiger partial charge is 0.405 e. The quantitative estimate of drug-likeness (QED) is 0.254. The molecule has 4 aromatic rings. The van der Waals surface area contributed by atoms with Crippen LogP contribution in [0.5, 0.6) is 0 Å². The Bertz CT molecular complexity index is 1470. The number of hydrogen-bond acceptors (Lipinski definition) is 4. The lowest BCUT2D eigenvalue weighted by Crippen LogP contribution is -2.36. The number of ether oxygens (including phenoxy) is 1. The zero-order valence-electron chi connectivity index (χ0n) is 21.1. The zero-order valence-corrected chi connectivity index (χ0v) is 21.1. The fourth-order valence-corrected chi connectivity index (χ4v) is 4.50. The van der Waals surface area contributed by atoms with Crippen molar-refractivity contribution >= 4 is 28.4 Å². The molecule has 2 amide bonds. The summed E-state index contributed by atoms with van der Waals surface area (Å²) in [7, 11) is 0. The molecule has 1 aliphatic heterocycles. The van der Waals surface area contributed by atoms with E-state index < -0.39 is 18.8 Å². The van der Waals surface area contributed by atoms with Gasteiger partial charge in [0.05, 0.1) is 17.1 Å². The number of benzene rings is 3. The van der Waals surface area contributed by atoms with E-state index in [2.05, 4.69) is 22.2 Å². The van der Waals surface area contributed by atoms with Crippen molar-refractivity contribution in [2.45, 2.75) is 25.1 Å². The molecule has 3 aromatic carbocycles. The number of carbonyl (C=O) groups is 1. The summed E-state index contributed by atoms with van der Waals surface area (Å²) in [5.41, 5.74) is 6.62. The Labute approximate surface area is 223 Å². The lowest BCUT2D eigenvalue weighted by atomic mass is 10.0. The van der Waals surface area contributed by atoms with E-state index in [1.54, 1.807) is 29.8 Å². The number of alkyl halides is 3. The van der Waals surface area contributed by atoms with Gasteiger partial charge in [-0.25, -0.2) is 9.78 Å². The fraction of sp³-hybridized carbons (Fsp3) is 0.241. The van der Waals surface area contributed by atoms with Crippen molar-refractivity contribution in [3.8, 4) is 16.8 Å². The van der Waals surface area contributed by atoms with Gasteiger partial charge in [0, 0.05) is 30.2 Å². The summed E-state index contributed by atoms with van der Waals surface area (Å²) in [5, 5.41) is 7.59. The number of rotatable bonds is 8. The average Bonchev–Trinajstić information content (AvgIpc) is 3.60. The van der Waals surface area contributed by atoms with Gasteiger partial charge in [-0.1, -0.05) is 43.0 Å². The van der Waals surface area contributed by atoms with Crippen molar-refractivity contribution in [1.29, 1.82) is 0 Å². The van der Waals surface area contributed by atoms with Crippen LogP contribution in [-0.4, -0.2) is 47.6 Å². The molecule has 2 heterocycles. The van der Waals surface area contributed by atoms with Gasteiger partial charge in [0.15, 0.2) is 0 Å². The first-order chi connectivity index (χ1) is 18.7. The van der Waals surface area contributed by atoms with Crippen molar-refractivity contribution < 1.29 is 22.7 Å². The van der Waals surface area contributed by atoms with Crippen molar-refractivity contribution in [3.63, 3.8) is 0 Å². The number of halogens is 3. The molecule has 0 spiro atoms. The van der Waals surface area contributed by atoms with Crippen LogP contribution in [0, 0.1) is 0 Å². The topological polar surface area (TPSA) is 80.2 Å². The Morgan fingerprint density at radius 3 is 2.59 bits per heavy atom. The summed E-state index contributed by atoms with van der Waals surface area (Å²) < 4.78 is 44.6. The Morgan fingerprint density at radius 1 is 1.05 bits per heavy atom. The minimum Gasteiger partial charge on any atom is -0.382 e. The predicted molar refractivity (Wildman–Crippen MR) is 146 cm³/mol. The fourth-order valence-electron chi connectivity index (χ4n) is 4.50. The van der Waals surface area contributed by atoms with Crippen LogP contribution < -0.4 is 16.0 Å². The molecule has 39 heavy (non-hydrogen) atoms. The van der Waals surface area contributed by atoms with Gasteiger partial charge >= 0.3 is 12.2 Å². The summed E-state index contributed by atoms with van der Waals surface area (Å²) in [6, 6.07) is 20.0. The molecule has 3 N–H and O–H groups in total. The van der Waals surface area contributed by atoms with E-state index >= 15 is 0 Å². The van der Waals surface area contributed by atoms with Crippen LogP contribution in [0.25, 0.3) is 33.5 Å². The smallest absolute Gasteiger partial charge is 0.382 e. The van der Waals surface area contributed by atoms with Crippen LogP contribution in [0.3, 0.4) is 0 Å². The van der Waals surface area contributed by atoms with Crippen molar-refractivity contribution in [2.24, 2.45) is 0 Å². The number of urea groups is 1. The maximum absolute atomic E-state index is 12.4. The standard InChI is InChI=1S/C29H28F3N5O2/c1-19(33-16-25-6-3-13-39-25)20-7-9-21(10-8-20)22-11-12-27-26(14-22)35-18-37(27)24-5-2-4-23(15-24)36-28(38)34-17-29(30,31)32/h2,4-5,7-12,14-15,18,25,33H,1,3,6,13,16-17H2,(H2,34,36,38). The first-order valence-electron chi connectivity index (χ1n) is 12.6. The number of fused-ring (bicyclic) bond motifs is 1. The highest BCUT2D eigenvalue weighted by atomic mass is 19.4. The molecule has 0 radical (unpaired) electrons. The molecule has 1 atom stereocenters. The molecule has 7 nitrogen and oxygen atoms in total. The third kappa shape index (κ3) is 6.58. The third-order valence-corrected chi connectivity index (χ3v) is 6.51. The molecular formula is C29H28F3N5O2. The normalized spacial score (nSPS) is 15.3. The number of nitrogens with zero attached hydrogens (tertiary/aromatic N) is 2. The summed E-state index contributed by atoms with van der Waals surface area (Å²) in [6.07, 6.45) is -0.389. The molecular weight excluding hydrogens is 507 g/mol. The first-order valence-corrected chi connectivity index (χ1v) is 12.6. The van der Waals surface area contributed by atoms with Crippen LogP contribution in [0.15, 0.2) is 79.6 Å². The highest BCUT2D eigenvalue weighted by molar-refractivity contribution is 5.90. The average molecular weight is 536 g/mol. The van der Waals surface area contributed by atoms with Gasteiger partial charge < -0.3 is 20.7 Å². The first kappa shape index (κ1) is 26.3. The van der Waals surface area contributed by atoms with Crippen molar-refractivity contribution in [2.75, 3.05) is 25.0 Å².